The Labute approximate surface area is 195 Å². The Kier molecular flexibility index (Phi) is 7.19. The Balaban J connectivity index is 2.07. The van der Waals surface area contributed by atoms with Crippen LogP contribution in [-0.2, 0) is 23.1 Å². The third kappa shape index (κ3) is 5.62. The molecule has 35 heavy (non-hydrogen) atoms. The van der Waals surface area contributed by atoms with Gasteiger partial charge in [-0.25, -0.2) is 18.4 Å². The van der Waals surface area contributed by atoms with Gasteiger partial charge < -0.3 is 15.1 Å². The number of aliphatic carboxylic acids is 1. The first-order chi connectivity index (χ1) is 16.3. The highest BCUT2D eigenvalue weighted by atomic mass is 19.4. The predicted molar refractivity (Wildman–Crippen MR) is 110 cm³/mol. The highest BCUT2D eigenvalue weighted by Gasteiger charge is 2.44. The van der Waals surface area contributed by atoms with Gasteiger partial charge in [-0.15, -0.1) is 0 Å². The van der Waals surface area contributed by atoms with E-state index >= 15 is 0 Å². The van der Waals surface area contributed by atoms with Crippen LogP contribution in [0.5, 0.6) is 0 Å². The molecule has 2 aromatic carbocycles. The van der Waals surface area contributed by atoms with Crippen LogP contribution in [0, 0.1) is 11.6 Å². The lowest BCUT2D eigenvalue weighted by Crippen LogP contribution is -2.55. The Hall–Kier alpha value is -3.87. The molecule has 8 nitrogen and oxygen atoms in total. The van der Waals surface area contributed by atoms with Crippen LogP contribution in [0.4, 0.5) is 22.0 Å². The molecule has 0 spiro atoms. The molecule has 3 aromatic rings. The molecule has 0 aliphatic rings. The number of nitrogens with zero attached hydrogens (tertiary/aromatic N) is 4. The van der Waals surface area contributed by atoms with Crippen LogP contribution in [0.25, 0.3) is 0 Å². The van der Waals surface area contributed by atoms with Gasteiger partial charge in [0.2, 0.25) is 0 Å². The number of carboxylic acid groups (broad SMARTS) is 1. The van der Waals surface area contributed by atoms with Crippen molar-refractivity contribution in [1.82, 2.24) is 19.7 Å². The number of alkyl halides is 3. The van der Waals surface area contributed by atoms with E-state index in [1.807, 2.05) is 0 Å². The van der Waals surface area contributed by atoms with Crippen molar-refractivity contribution in [1.29, 1.82) is 0 Å². The minimum absolute atomic E-state index is 0.297. The number of amides is 1. The Morgan fingerprint density at radius 1 is 1.11 bits per heavy atom. The van der Waals surface area contributed by atoms with Gasteiger partial charge in [-0.3, -0.25) is 9.59 Å². The molecule has 0 aliphatic heterocycles. The van der Waals surface area contributed by atoms with E-state index in [1.165, 1.54) is 13.3 Å². The van der Waals surface area contributed by atoms with Gasteiger partial charge in [0.15, 0.2) is 0 Å². The zero-order valence-corrected chi connectivity index (χ0v) is 18.1. The Bertz CT molecular complexity index is 1200. The van der Waals surface area contributed by atoms with E-state index in [9.17, 15) is 41.8 Å². The summed E-state index contributed by atoms with van der Waals surface area (Å²) in [6.07, 6.45) is -2.36. The van der Waals surface area contributed by atoms with Crippen molar-refractivity contribution >= 4 is 11.9 Å². The molecule has 0 fully saturated rings. The Morgan fingerprint density at radius 3 is 2.29 bits per heavy atom. The fraction of sp³-hybridized carbons (Fsp3) is 0.273. The van der Waals surface area contributed by atoms with Crippen molar-refractivity contribution < 1.29 is 41.8 Å². The summed E-state index contributed by atoms with van der Waals surface area (Å²) >= 11 is 0. The lowest BCUT2D eigenvalue weighted by atomic mass is 9.85. The van der Waals surface area contributed by atoms with Crippen LogP contribution in [0.15, 0.2) is 55.1 Å². The van der Waals surface area contributed by atoms with Crippen LogP contribution < -0.4 is 0 Å². The summed E-state index contributed by atoms with van der Waals surface area (Å²) in [5.41, 5.74) is -4.14. The molecule has 0 saturated carbocycles. The number of aliphatic hydroxyl groups is 1. The van der Waals surface area contributed by atoms with E-state index in [-0.39, 0.29) is 5.56 Å². The van der Waals surface area contributed by atoms with Gasteiger partial charge in [0.05, 0.1) is 18.2 Å². The maximum Gasteiger partial charge on any atom is 0.416 e. The third-order valence-electron chi connectivity index (χ3n) is 5.45. The average Bonchev–Trinajstić information content (AvgIpc) is 3.28. The minimum atomic E-state index is -4.66. The van der Waals surface area contributed by atoms with Crippen molar-refractivity contribution in [2.75, 3.05) is 6.54 Å². The van der Waals surface area contributed by atoms with E-state index in [0.29, 0.717) is 23.1 Å². The number of hydrogen-bond acceptors (Lipinski definition) is 5. The first-order valence-electron chi connectivity index (χ1n) is 10.0. The van der Waals surface area contributed by atoms with Gasteiger partial charge >= 0.3 is 12.1 Å². The summed E-state index contributed by atoms with van der Waals surface area (Å²) in [4.78, 5) is 29.1. The zero-order valence-electron chi connectivity index (χ0n) is 18.1. The van der Waals surface area contributed by atoms with Crippen LogP contribution >= 0.6 is 0 Å². The van der Waals surface area contributed by atoms with Crippen LogP contribution in [0.2, 0.25) is 0 Å². The second kappa shape index (κ2) is 9.78. The summed E-state index contributed by atoms with van der Waals surface area (Å²) < 4.78 is 68.1. The zero-order chi connectivity index (χ0) is 26.0. The van der Waals surface area contributed by atoms with Crippen molar-refractivity contribution in [2.45, 2.75) is 31.3 Å². The standard InChI is InChI=1S/C22H19F5N4O4/c1-13(21(35,10-30-12-28-11-29-30)17-7-6-16(23)8-18(17)24)31(9-19(32)33)20(34)14-2-4-15(5-3-14)22(25,26)27/h2-8,11-13,35H,9-10H2,1H3,(H,32,33)/t13-,21-/m1/s1. The van der Waals surface area contributed by atoms with Gasteiger partial charge in [0.25, 0.3) is 5.91 Å². The molecule has 0 aliphatic carbocycles. The number of rotatable bonds is 8. The number of benzene rings is 2. The van der Waals surface area contributed by atoms with Gasteiger partial charge in [-0.05, 0) is 37.3 Å². The van der Waals surface area contributed by atoms with Gasteiger partial charge in [-0.2, -0.15) is 18.3 Å². The smallest absolute Gasteiger partial charge is 0.416 e. The van der Waals surface area contributed by atoms with Crippen LogP contribution in [0.1, 0.15) is 28.4 Å². The largest absolute Gasteiger partial charge is 0.480 e. The minimum Gasteiger partial charge on any atom is -0.480 e. The molecular weight excluding hydrogens is 479 g/mol. The van der Waals surface area contributed by atoms with E-state index in [2.05, 4.69) is 10.1 Å². The monoisotopic (exact) mass is 498 g/mol. The fourth-order valence-corrected chi connectivity index (χ4v) is 3.60. The van der Waals surface area contributed by atoms with Gasteiger partial charge in [-0.1, -0.05) is 6.07 Å². The summed E-state index contributed by atoms with van der Waals surface area (Å²) in [5.74, 6) is -4.64. The molecule has 186 valence electrons. The van der Waals surface area contributed by atoms with Gasteiger partial charge in [0.1, 0.15) is 36.4 Å². The second-order valence-electron chi connectivity index (χ2n) is 7.72. The highest BCUT2D eigenvalue weighted by Crippen LogP contribution is 2.34. The number of hydrogen-bond donors (Lipinski definition) is 2. The number of aromatic nitrogens is 3. The molecule has 0 unspecified atom stereocenters. The first-order valence-corrected chi connectivity index (χ1v) is 10.0. The number of carboxylic acids is 1. The summed E-state index contributed by atoms with van der Waals surface area (Å²) in [7, 11) is 0. The fourth-order valence-electron chi connectivity index (χ4n) is 3.60. The SMILES string of the molecule is C[C@@H](N(CC(=O)O)C(=O)c1ccc(C(F)(F)F)cc1)[C@](O)(Cn1cncn1)c1ccc(F)cc1F. The molecule has 1 heterocycles. The number of carbonyl (C=O) groups is 2. The van der Waals surface area contributed by atoms with Crippen LogP contribution in [0.3, 0.4) is 0 Å². The van der Waals surface area contributed by atoms with Crippen molar-refractivity contribution in [2.24, 2.45) is 0 Å². The molecule has 1 aromatic heterocycles. The maximum absolute atomic E-state index is 14.8. The highest BCUT2D eigenvalue weighted by molar-refractivity contribution is 5.96. The van der Waals surface area contributed by atoms with E-state index in [0.717, 1.165) is 35.3 Å². The molecule has 2 N–H and O–H groups in total. The predicted octanol–water partition coefficient (Wildman–Crippen LogP) is 3.08. The molecule has 3 rings (SSSR count). The maximum atomic E-state index is 14.8. The average molecular weight is 498 g/mol. The van der Waals surface area contributed by atoms with E-state index in [4.69, 9.17) is 0 Å². The summed E-state index contributed by atoms with van der Waals surface area (Å²) in [5, 5.41) is 24.9. The number of halogens is 5. The van der Waals surface area contributed by atoms with Crippen molar-refractivity contribution in [3.8, 4) is 0 Å². The normalized spacial score (nSPS) is 14.3. The molecule has 2 atom stereocenters. The van der Waals surface area contributed by atoms with Crippen molar-refractivity contribution in [3.63, 3.8) is 0 Å². The molecule has 1 amide bonds. The summed E-state index contributed by atoms with van der Waals surface area (Å²) in [6, 6.07) is 3.86. The quantitative estimate of drug-likeness (QED) is 0.462. The molecule has 13 heteroatoms. The van der Waals surface area contributed by atoms with Crippen molar-refractivity contribution in [3.05, 3.63) is 83.4 Å². The van der Waals surface area contributed by atoms with E-state index < -0.39 is 65.5 Å². The lowest BCUT2D eigenvalue weighted by Gasteiger charge is -2.40. The molecule has 0 radical (unpaired) electrons. The van der Waals surface area contributed by atoms with Gasteiger partial charge in [0, 0.05) is 17.2 Å². The van der Waals surface area contributed by atoms with Crippen LogP contribution in [-0.4, -0.2) is 54.3 Å². The lowest BCUT2D eigenvalue weighted by molar-refractivity contribution is -0.140. The second-order valence-corrected chi connectivity index (χ2v) is 7.72. The third-order valence-corrected chi connectivity index (χ3v) is 5.45. The molecule has 0 saturated heterocycles. The summed E-state index contributed by atoms with van der Waals surface area (Å²) in [6.45, 7) is -0.277. The van der Waals surface area contributed by atoms with E-state index in [1.54, 1.807) is 0 Å². The topological polar surface area (TPSA) is 109 Å². The first kappa shape index (κ1) is 25.7. The Morgan fingerprint density at radius 2 is 1.77 bits per heavy atom. The molecular formula is C22H19F5N4O4. The number of carbonyl (C=O) groups excluding carboxylic acids is 1. The molecule has 0 bridgehead atoms.